The van der Waals surface area contributed by atoms with Gasteiger partial charge in [-0.25, -0.2) is 4.98 Å². The van der Waals surface area contributed by atoms with Crippen molar-refractivity contribution >= 4 is 28.8 Å². The highest BCUT2D eigenvalue weighted by molar-refractivity contribution is 7.11. The first kappa shape index (κ1) is 14.2. The Hall–Kier alpha value is -1.20. The summed E-state index contributed by atoms with van der Waals surface area (Å²) in [5, 5.41) is 12.9. The Bertz CT molecular complexity index is 582. The lowest BCUT2D eigenvalue weighted by Crippen LogP contribution is -2.10. The average Bonchev–Trinajstić information content (AvgIpc) is 2.88. The van der Waals surface area contributed by atoms with Gasteiger partial charge in [0, 0.05) is 11.1 Å². The van der Waals surface area contributed by atoms with Crippen LogP contribution >= 0.6 is 22.9 Å². The van der Waals surface area contributed by atoms with Crippen molar-refractivity contribution in [2.24, 2.45) is 0 Å². The SMILES string of the molecule is CCc1cnc(C(C)Nc2nnc(Cl)c(C)c2C)s1. The molecule has 4 nitrogen and oxygen atoms in total. The molecule has 0 fully saturated rings. The minimum atomic E-state index is 0.110. The van der Waals surface area contributed by atoms with Crippen molar-refractivity contribution in [1.29, 1.82) is 0 Å². The molecule has 1 atom stereocenters. The summed E-state index contributed by atoms with van der Waals surface area (Å²) in [5.74, 6) is 0.766. The second kappa shape index (κ2) is 5.84. The van der Waals surface area contributed by atoms with Crippen molar-refractivity contribution < 1.29 is 0 Å². The minimum Gasteiger partial charge on any atom is -0.359 e. The van der Waals surface area contributed by atoms with Crippen LogP contribution in [0.5, 0.6) is 0 Å². The Balaban J connectivity index is 2.19. The molecular formula is C13H17ClN4S. The van der Waals surface area contributed by atoms with Gasteiger partial charge in [-0.3, -0.25) is 0 Å². The van der Waals surface area contributed by atoms with Gasteiger partial charge in [0.05, 0.1) is 6.04 Å². The van der Waals surface area contributed by atoms with Crippen LogP contribution in [0.4, 0.5) is 5.82 Å². The van der Waals surface area contributed by atoms with Gasteiger partial charge in [0.15, 0.2) is 11.0 Å². The molecule has 2 aromatic heterocycles. The molecule has 1 unspecified atom stereocenters. The zero-order valence-corrected chi connectivity index (χ0v) is 13.1. The topological polar surface area (TPSA) is 50.7 Å². The van der Waals surface area contributed by atoms with Gasteiger partial charge in [0.2, 0.25) is 0 Å². The van der Waals surface area contributed by atoms with Crippen LogP contribution in [0.15, 0.2) is 6.20 Å². The largest absolute Gasteiger partial charge is 0.359 e. The number of aromatic nitrogens is 3. The lowest BCUT2D eigenvalue weighted by Gasteiger charge is -2.14. The molecule has 0 radical (unpaired) electrons. The standard InChI is InChI=1S/C13H17ClN4S/c1-5-10-6-15-13(19-10)9(4)16-12-8(3)7(2)11(14)17-18-12/h6,9H,5H2,1-4H3,(H,16,18). The molecule has 102 valence electrons. The maximum Gasteiger partial charge on any atom is 0.155 e. The molecule has 0 bridgehead atoms. The van der Waals surface area contributed by atoms with Crippen molar-refractivity contribution in [3.05, 3.63) is 32.4 Å². The molecule has 0 saturated carbocycles. The predicted octanol–water partition coefficient (Wildman–Crippen LogP) is 3.94. The van der Waals surface area contributed by atoms with Gasteiger partial charge in [0.1, 0.15) is 5.01 Å². The van der Waals surface area contributed by atoms with E-state index in [0.29, 0.717) is 5.15 Å². The number of anilines is 1. The third kappa shape index (κ3) is 3.04. The summed E-state index contributed by atoms with van der Waals surface area (Å²) in [6.07, 6.45) is 2.95. The highest BCUT2D eigenvalue weighted by Crippen LogP contribution is 2.26. The molecule has 6 heteroatoms. The van der Waals surface area contributed by atoms with E-state index in [0.717, 1.165) is 28.4 Å². The van der Waals surface area contributed by atoms with Gasteiger partial charge in [0.25, 0.3) is 0 Å². The van der Waals surface area contributed by atoms with E-state index < -0.39 is 0 Å². The van der Waals surface area contributed by atoms with Gasteiger partial charge in [-0.15, -0.1) is 21.5 Å². The number of nitrogens with one attached hydrogen (secondary N) is 1. The second-order valence-electron chi connectivity index (χ2n) is 4.47. The van der Waals surface area contributed by atoms with Crippen molar-refractivity contribution in [3.63, 3.8) is 0 Å². The van der Waals surface area contributed by atoms with E-state index in [1.54, 1.807) is 11.3 Å². The zero-order chi connectivity index (χ0) is 14.0. The molecule has 19 heavy (non-hydrogen) atoms. The molecule has 2 aromatic rings. The number of halogens is 1. The first-order valence-electron chi connectivity index (χ1n) is 6.23. The summed E-state index contributed by atoms with van der Waals surface area (Å²) in [5.41, 5.74) is 1.99. The Morgan fingerprint density at radius 3 is 2.68 bits per heavy atom. The van der Waals surface area contributed by atoms with Gasteiger partial charge in [-0.1, -0.05) is 18.5 Å². The van der Waals surface area contributed by atoms with E-state index in [4.69, 9.17) is 11.6 Å². The second-order valence-corrected chi connectivity index (χ2v) is 5.98. The molecule has 2 rings (SSSR count). The molecule has 0 amide bonds. The number of hydrogen-bond acceptors (Lipinski definition) is 5. The summed E-state index contributed by atoms with van der Waals surface area (Å²) >= 11 is 7.68. The quantitative estimate of drug-likeness (QED) is 0.928. The third-order valence-electron chi connectivity index (χ3n) is 3.11. The maximum atomic E-state index is 5.95. The number of aryl methyl sites for hydroxylation is 1. The van der Waals surface area contributed by atoms with Crippen LogP contribution in [-0.4, -0.2) is 15.2 Å². The first-order chi connectivity index (χ1) is 9.02. The Kier molecular flexibility index (Phi) is 4.37. The summed E-state index contributed by atoms with van der Waals surface area (Å²) in [7, 11) is 0. The third-order valence-corrected chi connectivity index (χ3v) is 4.79. The Morgan fingerprint density at radius 2 is 2.05 bits per heavy atom. The molecule has 1 N–H and O–H groups in total. The van der Waals surface area contributed by atoms with Crippen molar-refractivity contribution in [1.82, 2.24) is 15.2 Å². The highest BCUT2D eigenvalue weighted by atomic mass is 35.5. The van der Waals surface area contributed by atoms with Crippen LogP contribution in [0.25, 0.3) is 0 Å². The van der Waals surface area contributed by atoms with Crippen molar-refractivity contribution in [3.8, 4) is 0 Å². The minimum absolute atomic E-state index is 0.110. The predicted molar refractivity (Wildman–Crippen MR) is 80.0 cm³/mol. The number of hydrogen-bond donors (Lipinski definition) is 1. The molecule has 0 aliphatic rings. The maximum absolute atomic E-state index is 5.95. The van der Waals surface area contributed by atoms with Crippen molar-refractivity contribution in [2.45, 2.75) is 40.2 Å². The van der Waals surface area contributed by atoms with E-state index in [-0.39, 0.29) is 6.04 Å². The van der Waals surface area contributed by atoms with Crippen LogP contribution in [0.2, 0.25) is 5.15 Å². The van der Waals surface area contributed by atoms with E-state index in [2.05, 4.69) is 34.3 Å². The van der Waals surface area contributed by atoms with Crippen LogP contribution in [-0.2, 0) is 6.42 Å². The van der Waals surface area contributed by atoms with Crippen LogP contribution in [0.1, 0.15) is 40.9 Å². The lowest BCUT2D eigenvalue weighted by atomic mass is 10.2. The van der Waals surface area contributed by atoms with E-state index in [1.165, 1.54) is 4.88 Å². The summed E-state index contributed by atoms with van der Waals surface area (Å²) in [6, 6.07) is 0.110. The number of rotatable bonds is 4. The fraction of sp³-hybridized carbons (Fsp3) is 0.462. The van der Waals surface area contributed by atoms with Crippen LogP contribution in [0.3, 0.4) is 0 Å². The molecule has 0 aromatic carbocycles. The summed E-state index contributed by atoms with van der Waals surface area (Å²) in [6.45, 7) is 8.14. The van der Waals surface area contributed by atoms with E-state index >= 15 is 0 Å². The number of nitrogens with zero attached hydrogens (tertiary/aromatic N) is 3. The van der Waals surface area contributed by atoms with Crippen molar-refractivity contribution in [2.75, 3.05) is 5.32 Å². The summed E-state index contributed by atoms with van der Waals surface area (Å²) in [4.78, 5) is 5.73. The van der Waals surface area contributed by atoms with Gasteiger partial charge < -0.3 is 5.32 Å². The summed E-state index contributed by atoms with van der Waals surface area (Å²) < 4.78 is 0. The molecule has 0 saturated heterocycles. The highest BCUT2D eigenvalue weighted by Gasteiger charge is 2.14. The Labute approximate surface area is 122 Å². The van der Waals surface area contributed by atoms with Gasteiger partial charge in [-0.05, 0) is 38.3 Å². The first-order valence-corrected chi connectivity index (χ1v) is 7.42. The van der Waals surface area contributed by atoms with Gasteiger partial charge >= 0.3 is 0 Å². The lowest BCUT2D eigenvalue weighted by molar-refractivity contribution is 0.842. The molecule has 0 spiro atoms. The average molecular weight is 297 g/mol. The van der Waals surface area contributed by atoms with Gasteiger partial charge in [-0.2, -0.15) is 0 Å². The molecular weight excluding hydrogens is 280 g/mol. The van der Waals surface area contributed by atoms with Crippen LogP contribution < -0.4 is 5.32 Å². The number of thiazole rings is 1. The fourth-order valence-electron chi connectivity index (χ4n) is 1.67. The molecule has 2 heterocycles. The molecule has 0 aliphatic carbocycles. The normalized spacial score (nSPS) is 12.5. The Morgan fingerprint density at radius 1 is 1.32 bits per heavy atom. The zero-order valence-electron chi connectivity index (χ0n) is 11.5. The molecule has 0 aliphatic heterocycles. The fourth-order valence-corrected chi connectivity index (χ4v) is 2.71. The van der Waals surface area contributed by atoms with E-state index in [9.17, 15) is 0 Å². The monoisotopic (exact) mass is 296 g/mol. The van der Waals surface area contributed by atoms with Crippen LogP contribution in [0, 0.1) is 13.8 Å². The van der Waals surface area contributed by atoms with E-state index in [1.807, 2.05) is 20.0 Å². The smallest absolute Gasteiger partial charge is 0.155 e.